The zero-order chi connectivity index (χ0) is 29.0. The Hall–Kier alpha value is -3.76. The van der Waals surface area contributed by atoms with E-state index in [1.54, 1.807) is 13.8 Å². The molecule has 0 aliphatic heterocycles. The van der Waals surface area contributed by atoms with E-state index < -0.39 is 5.60 Å². The van der Waals surface area contributed by atoms with Gasteiger partial charge in [0.1, 0.15) is 10.8 Å². The third kappa shape index (κ3) is 12.0. The first-order valence-electron chi connectivity index (χ1n) is 13.5. The van der Waals surface area contributed by atoms with E-state index in [1.165, 1.54) is 11.3 Å². The molecule has 0 spiro atoms. The third-order valence-corrected chi connectivity index (χ3v) is 6.90. The number of hydrogen-bond acceptors (Lipinski definition) is 8. The highest BCUT2D eigenvalue weighted by Gasteiger charge is 2.15. The summed E-state index contributed by atoms with van der Waals surface area (Å²) < 4.78 is 0. The number of aromatic nitrogens is 2. The zero-order valence-corrected chi connectivity index (χ0v) is 23.9. The molecule has 1 aromatic heterocycles. The second kappa shape index (κ2) is 15.1. The summed E-state index contributed by atoms with van der Waals surface area (Å²) in [5, 5.41) is 41.1. The van der Waals surface area contributed by atoms with Crippen LogP contribution < -0.4 is 10.6 Å². The van der Waals surface area contributed by atoms with Crippen molar-refractivity contribution in [3.63, 3.8) is 0 Å². The summed E-state index contributed by atoms with van der Waals surface area (Å²) in [4.78, 5) is 24.6. The Bertz CT molecular complexity index is 1300. The van der Waals surface area contributed by atoms with E-state index >= 15 is 0 Å². The van der Waals surface area contributed by atoms with Crippen LogP contribution in [0.4, 0.5) is 5.13 Å². The van der Waals surface area contributed by atoms with Crippen LogP contribution in [-0.4, -0.2) is 44.3 Å². The van der Waals surface area contributed by atoms with E-state index in [9.17, 15) is 14.7 Å². The lowest BCUT2D eigenvalue weighted by atomic mass is 9.97. The van der Waals surface area contributed by atoms with Crippen molar-refractivity contribution in [2.45, 2.75) is 77.2 Å². The number of benzene rings is 2. The molecule has 5 N–H and O–H groups in total. The molecule has 3 aromatic rings. The van der Waals surface area contributed by atoms with Crippen LogP contribution in [0.5, 0.6) is 0 Å². The van der Waals surface area contributed by atoms with Crippen LogP contribution in [0.2, 0.25) is 0 Å². The van der Waals surface area contributed by atoms with Gasteiger partial charge in [0.05, 0.1) is 18.4 Å². The average molecular weight is 563 g/mol. The van der Waals surface area contributed by atoms with Crippen molar-refractivity contribution >= 4 is 39.8 Å². The normalized spacial score (nSPS) is 11.2. The first kappa shape index (κ1) is 30.8. The van der Waals surface area contributed by atoms with Gasteiger partial charge in [-0.05, 0) is 56.2 Å². The van der Waals surface area contributed by atoms with Gasteiger partial charge in [0, 0.05) is 25.0 Å². The number of amidine groups is 1. The molecule has 2 aromatic carbocycles. The molecule has 212 valence electrons. The predicted octanol–water partition coefficient (Wildman–Crippen LogP) is 4.88. The Kier molecular flexibility index (Phi) is 11.6. The second-order valence-electron chi connectivity index (χ2n) is 10.5. The van der Waals surface area contributed by atoms with Gasteiger partial charge >= 0.3 is 0 Å². The minimum atomic E-state index is -0.809. The molecule has 0 unspecified atom stereocenters. The van der Waals surface area contributed by atoms with Gasteiger partial charge in [0.2, 0.25) is 16.9 Å². The van der Waals surface area contributed by atoms with E-state index in [4.69, 9.17) is 10.8 Å². The summed E-state index contributed by atoms with van der Waals surface area (Å²) in [6.45, 7) is 3.52. The van der Waals surface area contributed by atoms with Crippen LogP contribution in [-0.2, 0) is 35.3 Å². The molecule has 9 nitrogen and oxygen atoms in total. The standard InChI is InChI=1S/C30H38N6O3S/c1-30(2,39)20-23-12-8-11-22(17-23)19-27(38)34-29-36-35-28(40-29)14-7-6-13-24(31)15-16-25(32)33-26(37)18-21-9-4-3-5-10-21/h3-5,8-12,17,31,39H,6-7,13-16,18-20H2,1-2H3,(H2,32,33,37)(H,34,36,38). The summed E-state index contributed by atoms with van der Waals surface area (Å²) in [5.74, 6) is -0.249. The predicted molar refractivity (Wildman–Crippen MR) is 159 cm³/mol. The van der Waals surface area contributed by atoms with Gasteiger partial charge in [-0.2, -0.15) is 0 Å². The van der Waals surface area contributed by atoms with Crippen LogP contribution in [0.1, 0.15) is 67.6 Å². The Morgan fingerprint density at radius 1 is 0.875 bits per heavy atom. The number of unbranched alkanes of at least 4 members (excludes halogenated alkanes) is 1. The third-order valence-electron chi connectivity index (χ3n) is 6.00. The molecule has 0 saturated carbocycles. The molecule has 0 radical (unpaired) electrons. The van der Waals surface area contributed by atoms with E-state index in [0.29, 0.717) is 42.9 Å². The molecule has 0 atom stereocenters. The van der Waals surface area contributed by atoms with Crippen molar-refractivity contribution in [1.82, 2.24) is 15.5 Å². The number of carbonyl (C=O) groups is 2. The lowest BCUT2D eigenvalue weighted by Gasteiger charge is -2.17. The minimum Gasteiger partial charge on any atom is -0.390 e. The van der Waals surface area contributed by atoms with Crippen molar-refractivity contribution < 1.29 is 14.7 Å². The van der Waals surface area contributed by atoms with Gasteiger partial charge in [-0.3, -0.25) is 15.0 Å². The molecule has 0 aliphatic carbocycles. The van der Waals surface area contributed by atoms with Crippen LogP contribution >= 0.6 is 11.3 Å². The molecular formula is C30H38N6O3S. The zero-order valence-electron chi connectivity index (χ0n) is 23.1. The van der Waals surface area contributed by atoms with Gasteiger partial charge in [-0.25, -0.2) is 0 Å². The topological polar surface area (TPSA) is 152 Å². The molecule has 1 heterocycles. The van der Waals surface area contributed by atoms with Gasteiger partial charge in [0.25, 0.3) is 0 Å². The summed E-state index contributed by atoms with van der Waals surface area (Å²) >= 11 is 1.35. The Balaban J connectivity index is 1.30. The summed E-state index contributed by atoms with van der Waals surface area (Å²) in [5.41, 5.74) is 2.49. The molecule has 40 heavy (non-hydrogen) atoms. The number of nitrogens with one attached hydrogen (secondary N) is 4. The van der Waals surface area contributed by atoms with Crippen molar-refractivity contribution in [2.24, 2.45) is 0 Å². The number of anilines is 1. The van der Waals surface area contributed by atoms with Crippen LogP contribution in [0.15, 0.2) is 54.6 Å². The molecular weight excluding hydrogens is 524 g/mol. The van der Waals surface area contributed by atoms with Crippen LogP contribution in [0, 0.1) is 10.8 Å². The number of carbonyl (C=O) groups excluding carboxylic acids is 2. The molecule has 0 saturated heterocycles. The maximum absolute atomic E-state index is 12.5. The summed E-state index contributed by atoms with van der Waals surface area (Å²) in [7, 11) is 0. The van der Waals surface area contributed by atoms with Gasteiger partial charge in [-0.1, -0.05) is 65.9 Å². The molecule has 10 heteroatoms. The van der Waals surface area contributed by atoms with Gasteiger partial charge in [0.15, 0.2) is 0 Å². The maximum Gasteiger partial charge on any atom is 0.230 e. The Labute approximate surface area is 239 Å². The Morgan fingerprint density at radius 3 is 2.33 bits per heavy atom. The molecule has 0 fully saturated rings. The van der Waals surface area contributed by atoms with Crippen LogP contribution in [0.3, 0.4) is 0 Å². The summed E-state index contributed by atoms with van der Waals surface area (Å²) in [6.07, 6.45) is 4.73. The number of amides is 2. The summed E-state index contributed by atoms with van der Waals surface area (Å²) in [6, 6.07) is 17.1. The van der Waals surface area contributed by atoms with Crippen molar-refractivity contribution in [3.05, 3.63) is 76.3 Å². The second-order valence-corrected chi connectivity index (χ2v) is 11.6. The monoisotopic (exact) mass is 562 g/mol. The highest BCUT2D eigenvalue weighted by atomic mass is 32.1. The minimum absolute atomic E-state index is 0.135. The number of rotatable bonds is 15. The quantitative estimate of drug-likeness (QED) is 0.102. The van der Waals surface area contributed by atoms with E-state index in [1.807, 2.05) is 54.6 Å². The fourth-order valence-corrected chi connectivity index (χ4v) is 4.97. The fraction of sp³-hybridized carbons (Fsp3) is 0.400. The van der Waals surface area contributed by atoms with E-state index in [2.05, 4.69) is 20.8 Å². The number of nitrogens with zero attached hydrogens (tertiary/aromatic N) is 2. The molecule has 2 amide bonds. The largest absolute Gasteiger partial charge is 0.390 e. The first-order chi connectivity index (χ1) is 19.1. The van der Waals surface area contributed by atoms with Crippen molar-refractivity contribution in [2.75, 3.05) is 5.32 Å². The highest BCUT2D eigenvalue weighted by Crippen LogP contribution is 2.19. The van der Waals surface area contributed by atoms with Crippen LogP contribution in [0.25, 0.3) is 0 Å². The fourth-order valence-electron chi connectivity index (χ4n) is 4.17. The van der Waals surface area contributed by atoms with Crippen molar-refractivity contribution in [3.8, 4) is 0 Å². The Morgan fingerprint density at radius 2 is 1.57 bits per heavy atom. The highest BCUT2D eigenvalue weighted by molar-refractivity contribution is 7.15. The lowest BCUT2D eigenvalue weighted by Crippen LogP contribution is -2.31. The number of hydrogen-bond donors (Lipinski definition) is 5. The SMILES string of the molecule is CC(C)(O)Cc1cccc(CC(=O)Nc2nnc(CCCCC(=N)CCC(=N)NC(=O)Cc3ccccc3)s2)c1. The van der Waals surface area contributed by atoms with E-state index in [0.717, 1.165) is 34.5 Å². The molecule has 3 rings (SSSR count). The van der Waals surface area contributed by atoms with Crippen molar-refractivity contribution in [1.29, 1.82) is 10.8 Å². The average Bonchev–Trinajstić information content (AvgIpc) is 3.32. The number of aryl methyl sites for hydroxylation is 1. The first-order valence-corrected chi connectivity index (χ1v) is 14.3. The lowest BCUT2D eigenvalue weighted by molar-refractivity contribution is -0.119. The maximum atomic E-state index is 12.5. The number of aliphatic hydroxyl groups is 1. The van der Waals surface area contributed by atoms with Gasteiger partial charge < -0.3 is 21.1 Å². The molecule has 0 bridgehead atoms. The van der Waals surface area contributed by atoms with Gasteiger partial charge in [-0.15, -0.1) is 10.2 Å². The smallest absolute Gasteiger partial charge is 0.230 e. The molecule has 0 aliphatic rings. The van der Waals surface area contributed by atoms with E-state index in [-0.39, 0.29) is 30.5 Å².